The Morgan fingerprint density at radius 2 is 1.86 bits per heavy atom. The van der Waals surface area contributed by atoms with Gasteiger partial charge in [0.15, 0.2) is 0 Å². The molecule has 0 aromatic rings. The zero-order valence-corrected chi connectivity index (χ0v) is 10.7. The highest BCUT2D eigenvalue weighted by molar-refractivity contribution is 7.80. The van der Waals surface area contributed by atoms with E-state index in [4.69, 9.17) is 4.74 Å². The number of hydrogen-bond donors (Lipinski definition) is 1. The second-order valence-corrected chi connectivity index (χ2v) is 5.58. The van der Waals surface area contributed by atoms with E-state index in [2.05, 4.69) is 33.4 Å². The van der Waals surface area contributed by atoms with Crippen LogP contribution in [0.1, 0.15) is 52.9 Å². The predicted molar refractivity (Wildman–Crippen MR) is 65.1 cm³/mol. The monoisotopic (exact) mass is 216 g/mol. The van der Waals surface area contributed by atoms with Gasteiger partial charge in [-0.15, -0.1) is 0 Å². The first-order valence-electron chi connectivity index (χ1n) is 5.78. The molecule has 0 aromatic carbocycles. The van der Waals surface area contributed by atoms with Gasteiger partial charge in [-0.25, -0.2) is 0 Å². The molecule has 1 nitrogen and oxygen atoms in total. The number of ether oxygens (including phenoxy) is 1. The summed E-state index contributed by atoms with van der Waals surface area (Å²) in [5.41, 5.74) is 0.425. The molecule has 2 heteroatoms. The highest BCUT2D eigenvalue weighted by atomic mass is 32.1. The molecule has 0 unspecified atom stereocenters. The Balaban J connectivity index is 2.41. The molecule has 1 aliphatic rings. The highest BCUT2D eigenvalue weighted by Gasteiger charge is 2.34. The second kappa shape index (κ2) is 4.89. The fourth-order valence-corrected chi connectivity index (χ4v) is 2.33. The number of rotatable bonds is 5. The molecular formula is C12H24OS. The molecule has 0 N–H and O–H groups in total. The van der Waals surface area contributed by atoms with Crippen LogP contribution >= 0.6 is 12.6 Å². The van der Waals surface area contributed by atoms with Crippen molar-refractivity contribution >= 4 is 12.6 Å². The summed E-state index contributed by atoms with van der Waals surface area (Å²) in [7, 11) is 0. The van der Waals surface area contributed by atoms with Crippen LogP contribution in [0.15, 0.2) is 0 Å². The SMILES string of the molecule is CCC(C)(C)OCC1(CS)CCCC1. The van der Waals surface area contributed by atoms with E-state index in [9.17, 15) is 0 Å². The summed E-state index contributed by atoms with van der Waals surface area (Å²) in [6.07, 6.45) is 6.40. The van der Waals surface area contributed by atoms with Gasteiger partial charge in [0.1, 0.15) is 0 Å². The van der Waals surface area contributed by atoms with E-state index in [1.807, 2.05) is 0 Å². The van der Waals surface area contributed by atoms with Crippen molar-refractivity contribution in [3.05, 3.63) is 0 Å². The average molecular weight is 216 g/mol. The third-order valence-electron chi connectivity index (χ3n) is 3.62. The Kier molecular flexibility index (Phi) is 4.32. The molecule has 1 fully saturated rings. The number of hydrogen-bond acceptors (Lipinski definition) is 2. The first-order valence-corrected chi connectivity index (χ1v) is 6.42. The minimum Gasteiger partial charge on any atom is -0.375 e. The van der Waals surface area contributed by atoms with E-state index in [-0.39, 0.29) is 5.60 Å². The third kappa shape index (κ3) is 3.16. The fraction of sp³-hybridized carbons (Fsp3) is 1.00. The minimum absolute atomic E-state index is 0.0402. The molecule has 0 atom stereocenters. The molecule has 0 heterocycles. The molecule has 84 valence electrons. The quantitative estimate of drug-likeness (QED) is 0.690. The van der Waals surface area contributed by atoms with Crippen LogP contribution in [0.25, 0.3) is 0 Å². The lowest BCUT2D eigenvalue weighted by atomic mass is 9.89. The largest absolute Gasteiger partial charge is 0.375 e. The summed E-state index contributed by atoms with van der Waals surface area (Å²) in [6.45, 7) is 7.43. The maximum Gasteiger partial charge on any atom is 0.0624 e. The third-order valence-corrected chi connectivity index (χ3v) is 4.29. The van der Waals surface area contributed by atoms with E-state index in [1.165, 1.54) is 25.7 Å². The molecule has 1 aliphatic carbocycles. The molecule has 0 amide bonds. The Hall–Kier alpha value is 0.310. The first-order chi connectivity index (χ1) is 6.54. The van der Waals surface area contributed by atoms with Gasteiger partial charge >= 0.3 is 0 Å². The Morgan fingerprint density at radius 1 is 1.29 bits per heavy atom. The van der Waals surface area contributed by atoms with Gasteiger partial charge < -0.3 is 4.74 Å². The van der Waals surface area contributed by atoms with E-state index < -0.39 is 0 Å². The van der Waals surface area contributed by atoms with Crippen molar-refractivity contribution in [1.82, 2.24) is 0 Å². The predicted octanol–water partition coefficient (Wildman–Crippen LogP) is 3.68. The lowest BCUT2D eigenvalue weighted by Crippen LogP contribution is -2.33. The molecule has 0 bridgehead atoms. The van der Waals surface area contributed by atoms with Crippen molar-refractivity contribution < 1.29 is 4.74 Å². The van der Waals surface area contributed by atoms with Gasteiger partial charge in [0.2, 0.25) is 0 Å². The summed E-state index contributed by atoms with van der Waals surface area (Å²) >= 11 is 4.48. The van der Waals surface area contributed by atoms with Crippen molar-refractivity contribution in [2.75, 3.05) is 12.4 Å². The van der Waals surface area contributed by atoms with Crippen LogP contribution in [0.3, 0.4) is 0 Å². The van der Waals surface area contributed by atoms with Crippen LogP contribution in [0.5, 0.6) is 0 Å². The van der Waals surface area contributed by atoms with Crippen LogP contribution in [0.4, 0.5) is 0 Å². The molecule has 1 rings (SSSR count). The average Bonchev–Trinajstić information content (AvgIpc) is 2.65. The molecule has 0 aliphatic heterocycles. The van der Waals surface area contributed by atoms with Gasteiger partial charge in [0, 0.05) is 5.41 Å². The van der Waals surface area contributed by atoms with Gasteiger partial charge in [-0.05, 0) is 38.9 Å². The van der Waals surface area contributed by atoms with Crippen LogP contribution in [0, 0.1) is 5.41 Å². The van der Waals surface area contributed by atoms with Crippen LogP contribution in [0.2, 0.25) is 0 Å². The summed E-state index contributed by atoms with van der Waals surface area (Å²) < 4.78 is 6.01. The second-order valence-electron chi connectivity index (χ2n) is 5.27. The van der Waals surface area contributed by atoms with E-state index in [0.29, 0.717) is 5.41 Å². The van der Waals surface area contributed by atoms with Crippen LogP contribution in [-0.2, 0) is 4.74 Å². The van der Waals surface area contributed by atoms with E-state index in [0.717, 1.165) is 18.8 Å². The Morgan fingerprint density at radius 3 is 2.29 bits per heavy atom. The smallest absolute Gasteiger partial charge is 0.0624 e. The fourth-order valence-electron chi connectivity index (χ4n) is 1.92. The van der Waals surface area contributed by atoms with Crippen molar-refractivity contribution in [1.29, 1.82) is 0 Å². The van der Waals surface area contributed by atoms with Crippen molar-refractivity contribution in [3.8, 4) is 0 Å². The van der Waals surface area contributed by atoms with Gasteiger partial charge in [0.25, 0.3) is 0 Å². The molecule has 0 saturated heterocycles. The summed E-state index contributed by atoms with van der Waals surface area (Å²) in [5.74, 6) is 0.979. The standard InChI is InChI=1S/C12H24OS/c1-4-11(2,3)13-9-12(10-14)7-5-6-8-12/h14H,4-10H2,1-3H3. The van der Waals surface area contributed by atoms with Gasteiger partial charge in [-0.3, -0.25) is 0 Å². The zero-order valence-electron chi connectivity index (χ0n) is 9.81. The van der Waals surface area contributed by atoms with Gasteiger partial charge in [0.05, 0.1) is 12.2 Å². The normalized spacial score (nSPS) is 21.4. The molecule has 0 radical (unpaired) electrons. The summed E-state index contributed by atoms with van der Waals surface area (Å²) in [5, 5.41) is 0. The lowest BCUT2D eigenvalue weighted by molar-refractivity contribution is -0.0578. The van der Waals surface area contributed by atoms with Crippen molar-refractivity contribution in [2.45, 2.75) is 58.5 Å². The highest BCUT2D eigenvalue weighted by Crippen LogP contribution is 2.40. The molecule has 0 spiro atoms. The Bertz CT molecular complexity index is 171. The molecular weight excluding hydrogens is 192 g/mol. The maximum absolute atomic E-state index is 6.01. The summed E-state index contributed by atoms with van der Waals surface area (Å²) in [6, 6.07) is 0. The van der Waals surface area contributed by atoms with E-state index in [1.54, 1.807) is 0 Å². The lowest BCUT2D eigenvalue weighted by Gasteiger charge is -2.32. The van der Waals surface area contributed by atoms with E-state index >= 15 is 0 Å². The minimum atomic E-state index is 0.0402. The van der Waals surface area contributed by atoms with Crippen LogP contribution in [-0.4, -0.2) is 18.0 Å². The number of thiol groups is 1. The van der Waals surface area contributed by atoms with Gasteiger partial charge in [-0.1, -0.05) is 19.8 Å². The first kappa shape index (κ1) is 12.4. The summed E-state index contributed by atoms with van der Waals surface area (Å²) in [4.78, 5) is 0. The molecule has 14 heavy (non-hydrogen) atoms. The van der Waals surface area contributed by atoms with Crippen LogP contribution < -0.4 is 0 Å². The Labute approximate surface area is 94.0 Å². The molecule has 1 saturated carbocycles. The van der Waals surface area contributed by atoms with Crippen molar-refractivity contribution in [3.63, 3.8) is 0 Å². The van der Waals surface area contributed by atoms with Crippen molar-refractivity contribution in [2.24, 2.45) is 5.41 Å². The van der Waals surface area contributed by atoms with Gasteiger partial charge in [-0.2, -0.15) is 12.6 Å². The zero-order chi connectivity index (χ0) is 10.7. The maximum atomic E-state index is 6.01. The topological polar surface area (TPSA) is 9.23 Å². The molecule has 0 aromatic heterocycles.